The van der Waals surface area contributed by atoms with Crippen molar-refractivity contribution in [1.29, 1.82) is 0 Å². The molecule has 0 aliphatic heterocycles. The Kier molecular flexibility index (Phi) is 4.07. The monoisotopic (exact) mass is 340 g/mol. The Morgan fingerprint density at radius 2 is 1.08 bits per heavy atom. The maximum atomic E-state index is 4.82. The van der Waals surface area contributed by atoms with Crippen LogP contribution in [0.4, 0.5) is 0 Å². The Labute approximate surface area is 149 Å². The number of benzene rings is 4. The van der Waals surface area contributed by atoms with Gasteiger partial charge in [-0.25, -0.2) is 0 Å². The highest BCUT2D eigenvalue weighted by atomic mass is 31.2. The molecule has 0 heterocycles. The van der Waals surface area contributed by atoms with E-state index in [2.05, 4.69) is 104 Å². The molecule has 0 bridgehead atoms. The van der Waals surface area contributed by atoms with Gasteiger partial charge in [-0.05, 0) is 46.6 Å². The van der Waals surface area contributed by atoms with Gasteiger partial charge in [0.25, 0.3) is 0 Å². The van der Waals surface area contributed by atoms with E-state index in [1.165, 1.54) is 32.2 Å². The first-order valence-corrected chi connectivity index (χ1v) is 10.5. The van der Waals surface area contributed by atoms with Gasteiger partial charge in [0, 0.05) is 0 Å². The van der Waals surface area contributed by atoms with Gasteiger partial charge in [-0.1, -0.05) is 103 Å². The zero-order chi connectivity index (χ0) is 17.3. The van der Waals surface area contributed by atoms with Gasteiger partial charge in [-0.3, -0.25) is 0 Å². The fraction of sp³-hybridized carbons (Fsp3) is 0.0417. The minimum absolute atomic E-state index is 1.28. The molecule has 0 nitrogen and oxygen atoms in total. The van der Waals surface area contributed by atoms with Crippen LogP contribution in [-0.2, 0) is 0 Å². The molecule has 122 valence electrons. The van der Waals surface area contributed by atoms with E-state index in [1.54, 1.807) is 0 Å². The van der Waals surface area contributed by atoms with E-state index in [1.807, 2.05) is 0 Å². The summed E-state index contributed by atoms with van der Waals surface area (Å²) in [5.74, 6) is 0. The van der Waals surface area contributed by atoms with Crippen molar-refractivity contribution in [2.24, 2.45) is 0 Å². The summed E-state index contributed by atoms with van der Waals surface area (Å²) in [6, 6.07) is 34.9. The predicted molar refractivity (Wildman–Crippen MR) is 115 cm³/mol. The fourth-order valence-electron chi connectivity index (χ4n) is 3.40. The van der Waals surface area contributed by atoms with Crippen LogP contribution in [0.3, 0.4) is 0 Å². The van der Waals surface area contributed by atoms with Crippen LogP contribution in [0.5, 0.6) is 0 Å². The zero-order valence-electron chi connectivity index (χ0n) is 14.4. The second-order valence-electron chi connectivity index (χ2n) is 6.52. The van der Waals surface area contributed by atoms with Crippen LogP contribution in [0.2, 0.25) is 0 Å². The topological polar surface area (TPSA) is 0 Å². The SMILES string of the molecule is C=P(c1ccccc1)(c1ccccc1)c1ccc2cc(C)ccc2c1. The summed E-state index contributed by atoms with van der Waals surface area (Å²) in [4.78, 5) is 0. The van der Waals surface area contributed by atoms with Gasteiger partial charge in [0.1, 0.15) is 0 Å². The van der Waals surface area contributed by atoms with E-state index < -0.39 is 6.89 Å². The molecule has 0 unspecified atom stereocenters. The molecule has 0 saturated heterocycles. The largest absolute Gasteiger partial charge is 0.0887 e. The highest BCUT2D eigenvalue weighted by Crippen LogP contribution is 2.42. The van der Waals surface area contributed by atoms with Crippen molar-refractivity contribution >= 4 is 39.9 Å². The van der Waals surface area contributed by atoms with Gasteiger partial charge in [0.05, 0.1) is 0 Å². The quantitative estimate of drug-likeness (QED) is 0.467. The summed E-state index contributed by atoms with van der Waals surface area (Å²) in [5.41, 5.74) is 1.29. The summed E-state index contributed by atoms with van der Waals surface area (Å²) in [5, 5.41) is 6.51. The van der Waals surface area contributed by atoms with Crippen LogP contribution in [0.25, 0.3) is 10.8 Å². The van der Waals surface area contributed by atoms with Crippen molar-refractivity contribution in [3.8, 4) is 0 Å². The summed E-state index contributed by atoms with van der Waals surface area (Å²) in [7, 11) is 0. The van der Waals surface area contributed by atoms with Crippen molar-refractivity contribution in [3.05, 3.63) is 103 Å². The third kappa shape index (κ3) is 2.84. The molecule has 0 radical (unpaired) electrons. The minimum atomic E-state index is -1.89. The first-order valence-electron chi connectivity index (χ1n) is 8.53. The van der Waals surface area contributed by atoms with Crippen molar-refractivity contribution < 1.29 is 0 Å². The fourth-order valence-corrected chi connectivity index (χ4v) is 6.35. The van der Waals surface area contributed by atoms with Crippen LogP contribution in [0.15, 0.2) is 97.1 Å². The van der Waals surface area contributed by atoms with E-state index in [0.29, 0.717) is 0 Å². The van der Waals surface area contributed by atoms with Gasteiger partial charge in [0.15, 0.2) is 0 Å². The number of hydrogen-bond acceptors (Lipinski definition) is 0. The Bertz CT molecular complexity index is 1020. The highest BCUT2D eigenvalue weighted by molar-refractivity contribution is 7.93. The van der Waals surface area contributed by atoms with Crippen LogP contribution >= 0.6 is 6.89 Å². The van der Waals surface area contributed by atoms with Crippen LogP contribution in [0.1, 0.15) is 5.56 Å². The van der Waals surface area contributed by atoms with Crippen molar-refractivity contribution in [1.82, 2.24) is 0 Å². The molecule has 25 heavy (non-hydrogen) atoms. The average molecular weight is 340 g/mol. The summed E-state index contributed by atoms with van der Waals surface area (Å²) in [6.07, 6.45) is 4.82. The molecule has 4 rings (SSSR count). The molecule has 0 N–H and O–H groups in total. The third-order valence-corrected chi connectivity index (χ3v) is 8.33. The van der Waals surface area contributed by atoms with E-state index in [9.17, 15) is 0 Å². The van der Waals surface area contributed by atoms with Crippen LogP contribution in [0, 0.1) is 6.92 Å². The first-order chi connectivity index (χ1) is 12.2. The predicted octanol–water partition coefficient (Wildman–Crippen LogP) is 4.87. The van der Waals surface area contributed by atoms with E-state index >= 15 is 0 Å². The third-order valence-electron chi connectivity index (χ3n) is 4.81. The van der Waals surface area contributed by atoms with E-state index in [-0.39, 0.29) is 0 Å². The summed E-state index contributed by atoms with van der Waals surface area (Å²) >= 11 is 0. The maximum Gasteiger partial charge on any atom is -0.0159 e. The lowest BCUT2D eigenvalue weighted by molar-refractivity contribution is 1.51. The Hall–Kier alpha value is -2.56. The van der Waals surface area contributed by atoms with Crippen LogP contribution < -0.4 is 15.9 Å². The van der Waals surface area contributed by atoms with Gasteiger partial charge in [-0.2, -0.15) is 0 Å². The van der Waals surface area contributed by atoms with E-state index in [4.69, 9.17) is 6.30 Å². The van der Waals surface area contributed by atoms with Crippen molar-refractivity contribution in [2.45, 2.75) is 6.92 Å². The molecular formula is C24H21P. The smallest absolute Gasteiger partial charge is 0.0159 e. The zero-order valence-corrected chi connectivity index (χ0v) is 15.3. The lowest BCUT2D eigenvalue weighted by atomic mass is 10.1. The highest BCUT2D eigenvalue weighted by Gasteiger charge is 2.22. The average Bonchev–Trinajstić information content (AvgIpc) is 2.68. The Morgan fingerprint density at radius 1 is 0.560 bits per heavy atom. The lowest BCUT2D eigenvalue weighted by Crippen LogP contribution is -2.25. The number of fused-ring (bicyclic) bond motifs is 1. The Morgan fingerprint density at radius 3 is 1.68 bits per heavy atom. The summed E-state index contributed by atoms with van der Waals surface area (Å²) in [6.45, 7) is 0.246. The molecule has 0 saturated carbocycles. The molecule has 4 aromatic rings. The number of rotatable bonds is 3. The normalized spacial score (nSPS) is 11.6. The molecule has 0 atom stereocenters. The maximum absolute atomic E-state index is 4.82. The molecule has 0 spiro atoms. The first kappa shape index (κ1) is 15.9. The second kappa shape index (κ2) is 6.39. The van der Waals surface area contributed by atoms with Crippen molar-refractivity contribution in [2.75, 3.05) is 0 Å². The lowest BCUT2D eigenvalue weighted by Gasteiger charge is -2.27. The molecule has 0 aliphatic rings. The van der Waals surface area contributed by atoms with Crippen LogP contribution in [-0.4, -0.2) is 6.30 Å². The standard InChI is InChI=1S/C24H21P/c1-19-13-14-21-18-24(16-15-20(21)17-19)25(2,22-9-5-3-6-10-22)23-11-7-4-8-12-23/h3-18H,2H2,1H3. The molecule has 0 fully saturated rings. The second-order valence-corrected chi connectivity index (χ2v) is 9.68. The van der Waals surface area contributed by atoms with Gasteiger partial charge < -0.3 is 0 Å². The molecule has 0 aromatic heterocycles. The number of aryl methyl sites for hydroxylation is 1. The molecule has 1 heteroatoms. The van der Waals surface area contributed by atoms with E-state index in [0.717, 1.165) is 0 Å². The minimum Gasteiger partial charge on any atom is -0.0887 e. The Balaban J connectivity index is 1.99. The molecule has 0 aliphatic carbocycles. The number of hydrogen-bond donors (Lipinski definition) is 0. The van der Waals surface area contributed by atoms with Gasteiger partial charge in [0.2, 0.25) is 0 Å². The molecule has 4 aromatic carbocycles. The molecule has 0 amide bonds. The molecular weight excluding hydrogens is 319 g/mol. The van der Waals surface area contributed by atoms with Gasteiger partial charge >= 0.3 is 0 Å². The summed E-state index contributed by atoms with van der Waals surface area (Å²) < 4.78 is 0. The van der Waals surface area contributed by atoms with Crippen molar-refractivity contribution in [3.63, 3.8) is 0 Å². The van der Waals surface area contributed by atoms with Gasteiger partial charge in [-0.15, -0.1) is 0 Å².